The average Bonchev–Trinajstić information content (AvgIpc) is 2.37. The lowest BCUT2D eigenvalue weighted by atomic mass is 10.0. The highest BCUT2D eigenvalue weighted by atomic mass is 35.5. The molecule has 0 aliphatic rings. The van der Waals surface area contributed by atoms with Crippen LogP contribution in [0.1, 0.15) is 5.56 Å². The van der Waals surface area contributed by atoms with E-state index in [9.17, 15) is 18.3 Å². The van der Waals surface area contributed by atoms with Crippen LogP contribution < -0.4 is 4.74 Å². The number of pyridine rings is 1. The van der Waals surface area contributed by atoms with E-state index in [4.69, 9.17) is 11.6 Å². The van der Waals surface area contributed by atoms with Gasteiger partial charge in [-0.2, -0.15) is 0 Å². The van der Waals surface area contributed by atoms with E-state index in [0.29, 0.717) is 11.1 Å². The third-order valence-electron chi connectivity index (χ3n) is 2.57. The van der Waals surface area contributed by atoms with Gasteiger partial charge in [-0.3, -0.25) is 4.98 Å². The van der Waals surface area contributed by atoms with E-state index in [1.807, 2.05) is 0 Å². The van der Waals surface area contributed by atoms with Crippen LogP contribution in [0.25, 0.3) is 11.1 Å². The molecule has 3 nitrogen and oxygen atoms in total. The Balaban J connectivity index is 2.56. The van der Waals surface area contributed by atoms with E-state index < -0.39 is 13.0 Å². The summed E-state index contributed by atoms with van der Waals surface area (Å²) in [6.45, 7) is -0.420. The van der Waals surface area contributed by atoms with E-state index in [0.717, 1.165) is 0 Å². The molecule has 1 N–H and O–H groups in total. The number of rotatable bonds is 3. The number of alkyl halides is 3. The first kappa shape index (κ1) is 14.6. The summed E-state index contributed by atoms with van der Waals surface area (Å²) in [6.07, 6.45) is -2.17. The molecule has 2 rings (SSSR count). The van der Waals surface area contributed by atoms with Crippen molar-refractivity contribution in [3.63, 3.8) is 0 Å². The zero-order chi connectivity index (χ0) is 14.8. The van der Waals surface area contributed by atoms with Crippen molar-refractivity contribution in [3.8, 4) is 16.9 Å². The fourth-order valence-corrected chi connectivity index (χ4v) is 1.98. The zero-order valence-corrected chi connectivity index (χ0v) is 10.7. The Labute approximate surface area is 117 Å². The van der Waals surface area contributed by atoms with Gasteiger partial charge in [0.25, 0.3) is 0 Å². The summed E-state index contributed by atoms with van der Waals surface area (Å²) in [4.78, 5) is 3.83. The first-order valence-corrected chi connectivity index (χ1v) is 5.88. The molecule has 0 aliphatic carbocycles. The van der Waals surface area contributed by atoms with Crippen molar-refractivity contribution in [2.75, 3.05) is 0 Å². The van der Waals surface area contributed by atoms with Crippen molar-refractivity contribution in [2.45, 2.75) is 13.0 Å². The van der Waals surface area contributed by atoms with Gasteiger partial charge in [0.2, 0.25) is 0 Å². The van der Waals surface area contributed by atoms with Crippen LogP contribution in [0.4, 0.5) is 13.2 Å². The summed E-state index contributed by atoms with van der Waals surface area (Å²) in [6, 6.07) is 5.60. The Morgan fingerprint density at radius 3 is 2.50 bits per heavy atom. The molecule has 0 radical (unpaired) electrons. The maximum absolute atomic E-state index is 12.4. The molecule has 0 amide bonds. The Morgan fingerprint density at radius 1 is 1.15 bits per heavy atom. The highest BCUT2D eigenvalue weighted by molar-refractivity contribution is 6.31. The molecule has 7 heteroatoms. The lowest BCUT2D eigenvalue weighted by Gasteiger charge is -2.15. The number of aliphatic hydroxyl groups excluding tert-OH is 1. The van der Waals surface area contributed by atoms with Crippen LogP contribution >= 0.6 is 11.6 Å². The number of benzene rings is 1. The Bertz CT molecular complexity index is 617. The number of halogens is 4. The lowest BCUT2D eigenvalue weighted by molar-refractivity contribution is -0.274. The standard InChI is InChI=1S/C13H9ClF3NO2/c14-11-6-18-5-9(10(11)7-19)8-3-1-2-4-12(8)20-13(15,16)17/h1-6,19H,7H2. The first-order valence-electron chi connectivity index (χ1n) is 5.51. The number of aliphatic hydroxyl groups is 1. The van der Waals surface area contributed by atoms with Crippen molar-refractivity contribution in [1.29, 1.82) is 0 Å². The molecule has 0 atom stereocenters. The second-order valence-corrected chi connectivity index (χ2v) is 4.26. The van der Waals surface area contributed by atoms with Gasteiger partial charge in [0.1, 0.15) is 5.75 Å². The normalized spacial score (nSPS) is 11.4. The van der Waals surface area contributed by atoms with Gasteiger partial charge in [-0.05, 0) is 6.07 Å². The smallest absolute Gasteiger partial charge is 0.405 e. The Kier molecular flexibility index (Phi) is 4.15. The van der Waals surface area contributed by atoms with Crippen molar-refractivity contribution in [2.24, 2.45) is 0 Å². The van der Waals surface area contributed by atoms with E-state index >= 15 is 0 Å². The molecule has 1 aromatic heterocycles. The van der Waals surface area contributed by atoms with Gasteiger partial charge in [-0.15, -0.1) is 13.2 Å². The van der Waals surface area contributed by atoms with E-state index in [1.54, 1.807) is 6.07 Å². The number of ether oxygens (including phenoxy) is 1. The summed E-state index contributed by atoms with van der Waals surface area (Å²) in [5.41, 5.74) is 0.739. The van der Waals surface area contributed by atoms with Crippen molar-refractivity contribution < 1.29 is 23.0 Å². The topological polar surface area (TPSA) is 42.4 Å². The maximum atomic E-state index is 12.4. The number of hydrogen-bond acceptors (Lipinski definition) is 3. The highest BCUT2D eigenvalue weighted by Gasteiger charge is 2.32. The first-order chi connectivity index (χ1) is 9.42. The van der Waals surface area contributed by atoms with Gasteiger partial charge < -0.3 is 9.84 Å². The van der Waals surface area contributed by atoms with Gasteiger partial charge in [0.15, 0.2) is 0 Å². The van der Waals surface area contributed by atoms with Crippen LogP contribution in [-0.4, -0.2) is 16.5 Å². The summed E-state index contributed by atoms with van der Waals surface area (Å²) in [5.74, 6) is -0.376. The molecule has 0 saturated heterocycles. The molecule has 1 aromatic carbocycles. The quantitative estimate of drug-likeness (QED) is 0.938. The Hall–Kier alpha value is -1.79. The number of hydrogen-bond donors (Lipinski definition) is 1. The maximum Gasteiger partial charge on any atom is 0.573 e. The second-order valence-electron chi connectivity index (χ2n) is 3.85. The predicted molar refractivity (Wildman–Crippen MR) is 67.3 cm³/mol. The van der Waals surface area contributed by atoms with Gasteiger partial charge in [0.05, 0.1) is 11.6 Å². The van der Waals surface area contributed by atoms with E-state index in [2.05, 4.69) is 9.72 Å². The monoisotopic (exact) mass is 303 g/mol. The molecule has 20 heavy (non-hydrogen) atoms. The predicted octanol–water partition coefficient (Wildman–Crippen LogP) is 3.79. The SMILES string of the molecule is OCc1c(Cl)cncc1-c1ccccc1OC(F)(F)F. The molecular weight excluding hydrogens is 295 g/mol. The molecule has 0 unspecified atom stereocenters. The lowest BCUT2D eigenvalue weighted by Crippen LogP contribution is -2.17. The van der Waals surface area contributed by atoms with E-state index in [1.165, 1.54) is 30.6 Å². The summed E-state index contributed by atoms with van der Waals surface area (Å²) < 4.78 is 41.1. The second kappa shape index (κ2) is 5.68. The molecule has 0 bridgehead atoms. The van der Waals surface area contributed by atoms with Crippen molar-refractivity contribution in [3.05, 3.63) is 47.2 Å². The molecule has 0 saturated carbocycles. The summed E-state index contributed by atoms with van der Waals surface area (Å²) in [5, 5.41) is 9.48. The fourth-order valence-electron chi connectivity index (χ4n) is 1.76. The van der Waals surface area contributed by atoms with Crippen LogP contribution in [0.2, 0.25) is 5.02 Å². The third-order valence-corrected chi connectivity index (χ3v) is 2.89. The minimum Gasteiger partial charge on any atom is -0.405 e. The van der Waals surface area contributed by atoms with Gasteiger partial charge >= 0.3 is 6.36 Å². The summed E-state index contributed by atoms with van der Waals surface area (Å²) >= 11 is 5.88. The molecule has 106 valence electrons. The summed E-state index contributed by atoms with van der Waals surface area (Å²) in [7, 11) is 0. The zero-order valence-electron chi connectivity index (χ0n) is 9.99. The van der Waals surface area contributed by atoms with Crippen LogP contribution in [0, 0.1) is 0 Å². The van der Waals surface area contributed by atoms with Gasteiger partial charge in [-0.25, -0.2) is 0 Å². The number of nitrogens with zero attached hydrogens (tertiary/aromatic N) is 1. The Morgan fingerprint density at radius 2 is 1.85 bits per heavy atom. The fraction of sp³-hybridized carbons (Fsp3) is 0.154. The molecule has 0 fully saturated rings. The van der Waals surface area contributed by atoms with Crippen LogP contribution in [0.3, 0.4) is 0 Å². The molecule has 0 aliphatic heterocycles. The van der Waals surface area contributed by atoms with Crippen LogP contribution in [0.5, 0.6) is 5.75 Å². The van der Waals surface area contributed by atoms with Crippen LogP contribution in [0.15, 0.2) is 36.7 Å². The van der Waals surface area contributed by atoms with Crippen molar-refractivity contribution >= 4 is 11.6 Å². The molecule has 0 spiro atoms. The largest absolute Gasteiger partial charge is 0.573 e. The van der Waals surface area contributed by atoms with Crippen LogP contribution in [-0.2, 0) is 6.61 Å². The molecular formula is C13H9ClF3NO2. The number of para-hydroxylation sites is 1. The molecule has 1 heterocycles. The third kappa shape index (κ3) is 3.20. The molecule has 2 aromatic rings. The van der Waals surface area contributed by atoms with Gasteiger partial charge in [-0.1, -0.05) is 29.8 Å². The van der Waals surface area contributed by atoms with E-state index in [-0.39, 0.29) is 16.3 Å². The number of aromatic nitrogens is 1. The van der Waals surface area contributed by atoms with Gasteiger partial charge in [0, 0.05) is 29.1 Å². The minimum atomic E-state index is -4.80. The van der Waals surface area contributed by atoms with Crippen molar-refractivity contribution in [1.82, 2.24) is 4.98 Å². The average molecular weight is 304 g/mol. The minimum absolute atomic E-state index is 0.156. The highest BCUT2D eigenvalue weighted by Crippen LogP contribution is 2.36.